The van der Waals surface area contributed by atoms with Gasteiger partial charge in [0.2, 0.25) is 0 Å². The summed E-state index contributed by atoms with van der Waals surface area (Å²) in [6.45, 7) is 1.37. The topological polar surface area (TPSA) is 55.6 Å². The van der Waals surface area contributed by atoms with Crippen LogP contribution in [-0.2, 0) is 4.74 Å². The van der Waals surface area contributed by atoms with E-state index < -0.39 is 0 Å². The third-order valence-electron chi connectivity index (χ3n) is 3.18. The number of carbonyl (C=O) groups is 1. The van der Waals surface area contributed by atoms with E-state index in [0.717, 1.165) is 19.4 Å². The molecule has 1 saturated heterocycles. The van der Waals surface area contributed by atoms with Crippen molar-refractivity contribution in [1.29, 1.82) is 0 Å². The second-order valence-electron chi connectivity index (χ2n) is 4.43. The summed E-state index contributed by atoms with van der Waals surface area (Å²) < 4.78 is 7.31. The third kappa shape index (κ3) is 2.09. The van der Waals surface area contributed by atoms with Crippen molar-refractivity contribution in [3.8, 4) is 0 Å². The number of nitrogens with one attached hydrogen (secondary N) is 1. The summed E-state index contributed by atoms with van der Waals surface area (Å²) in [7, 11) is 0. The fraction of sp³-hybridized carbons (Fsp3) is 0.385. The number of hydrogen-bond acceptors (Lipinski definition) is 3. The van der Waals surface area contributed by atoms with Crippen molar-refractivity contribution in [1.82, 2.24) is 14.7 Å². The van der Waals surface area contributed by atoms with Gasteiger partial charge in [-0.15, -0.1) is 0 Å². The Labute approximate surface area is 105 Å². The highest BCUT2D eigenvalue weighted by molar-refractivity contribution is 5.99. The minimum Gasteiger partial charge on any atom is -0.376 e. The van der Waals surface area contributed by atoms with Crippen LogP contribution in [0.5, 0.6) is 0 Å². The van der Waals surface area contributed by atoms with Gasteiger partial charge in [0.1, 0.15) is 5.65 Å². The number of rotatable bonds is 3. The number of imidazole rings is 1. The van der Waals surface area contributed by atoms with E-state index in [1.165, 1.54) is 0 Å². The Balaban J connectivity index is 1.73. The molecule has 1 atom stereocenters. The molecule has 94 valence electrons. The van der Waals surface area contributed by atoms with Crippen molar-refractivity contribution in [3.63, 3.8) is 0 Å². The highest BCUT2D eigenvalue weighted by Gasteiger charge is 2.17. The van der Waals surface area contributed by atoms with E-state index in [9.17, 15) is 4.79 Å². The molecule has 5 nitrogen and oxygen atoms in total. The summed E-state index contributed by atoms with van der Waals surface area (Å²) in [6, 6.07) is 3.63. The first-order valence-corrected chi connectivity index (χ1v) is 6.16. The fourth-order valence-corrected chi connectivity index (χ4v) is 2.23. The monoisotopic (exact) mass is 245 g/mol. The van der Waals surface area contributed by atoms with Gasteiger partial charge in [0.25, 0.3) is 5.91 Å². The Hall–Kier alpha value is -1.88. The predicted octanol–water partition coefficient (Wildman–Crippen LogP) is 1.24. The van der Waals surface area contributed by atoms with E-state index >= 15 is 0 Å². The van der Waals surface area contributed by atoms with Gasteiger partial charge in [0.05, 0.1) is 11.7 Å². The molecular formula is C13H15N3O2. The first-order valence-electron chi connectivity index (χ1n) is 6.16. The van der Waals surface area contributed by atoms with Crippen LogP contribution in [-0.4, -0.2) is 34.5 Å². The lowest BCUT2D eigenvalue weighted by Gasteiger charge is -2.11. The van der Waals surface area contributed by atoms with E-state index in [2.05, 4.69) is 10.3 Å². The average molecular weight is 245 g/mol. The zero-order chi connectivity index (χ0) is 12.4. The van der Waals surface area contributed by atoms with E-state index in [1.807, 2.05) is 22.9 Å². The molecule has 0 saturated carbocycles. The zero-order valence-corrected chi connectivity index (χ0v) is 10.0. The maximum atomic E-state index is 12.1. The van der Waals surface area contributed by atoms with E-state index in [1.54, 1.807) is 12.3 Å². The van der Waals surface area contributed by atoms with Crippen molar-refractivity contribution in [2.45, 2.75) is 18.9 Å². The van der Waals surface area contributed by atoms with Crippen LogP contribution >= 0.6 is 0 Å². The Kier molecular flexibility index (Phi) is 2.98. The van der Waals surface area contributed by atoms with Crippen LogP contribution in [0.2, 0.25) is 0 Å². The number of nitrogens with zero attached hydrogens (tertiary/aromatic N) is 2. The molecule has 0 aromatic carbocycles. The second kappa shape index (κ2) is 4.78. The van der Waals surface area contributed by atoms with Crippen molar-refractivity contribution < 1.29 is 9.53 Å². The normalized spacial score (nSPS) is 19.2. The van der Waals surface area contributed by atoms with Gasteiger partial charge in [-0.2, -0.15) is 0 Å². The SMILES string of the molecule is O=C(NCC1CCCO1)c1cccn2ccnc12. The van der Waals surface area contributed by atoms with Gasteiger partial charge in [0, 0.05) is 31.7 Å². The Bertz CT molecular complexity index is 558. The summed E-state index contributed by atoms with van der Waals surface area (Å²) in [5, 5.41) is 2.91. The summed E-state index contributed by atoms with van der Waals surface area (Å²) in [5.74, 6) is -0.0951. The molecule has 1 N–H and O–H groups in total. The van der Waals surface area contributed by atoms with Gasteiger partial charge >= 0.3 is 0 Å². The maximum Gasteiger partial charge on any atom is 0.255 e. The lowest BCUT2D eigenvalue weighted by molar-refractivity contribution is 0.0858. The molecule has 1 amide bonds. The van der Waals surface area contributed by atoms with Crippen LogP contribution in [0.4, 0.5) is 0 Å². The molecule has 0 radical (unpaired) electrons. The number of fused-ring (bicyclic) bond motifs is 1. The number of ether oxygens (including phenoxy) is 1. The minimum atomic E-state index is -0.0951. The van der Waals surface area contributed by atoms with Crippen LogP contribution in [0.3, 0.4) is 0 Å². The minimum absolute atomic E-state index is 0.0951. The smallest absolute Gasteiger partial charge is 0.255 e. The molecule has 2 aromatic heterocycles. The zero-order valence-electron chi connectivity index (χ0n) is 10.0. The van der Waals surface area contributed by atoms with E-state index in [-0.39, 0.29) is 12.0 Å². The fourth-order valence-electron chi connectivity index (χ4n) is 2.23. The lowest BCUT2D eigenvalue weighted by atomic mass is 10.2. The molecule has 1 fully saturated rings. The second-order valence-corrected chi connectivity index (χ2v) is 4.43. The number of amides is 1. The number of aromatic nitrogens is 2. The Morgan fingerprint density at radius 2 is 2.50 bits per heavy atom. The van der Waals surface area contributed by atoms with Gasteiger partial charge in [-0.3, -0.25) is 4.79 Å². The highest BCUT2D eigenvalue weighted by Crippen LogP contribution is 2.12. The van der Waals surface area contributed by atoms with Crippen LogP contribution < -0.4 is 5.32 Å². The number of pyridine rings is 1. The molecular weight excluding hydrogens is 230 g/mol. The quantitative estimate of drug-likeness (QED) is 0.885. The number of carbonyl (C=O) groups excluding carboxylic acids is 1. The lowest BCUT2D eigenvalue weighted by Crippen LogP contribution is -2.32. The summed E-state index contributed by atoms with van der Waals surface area (Å²) in [4.78, 5) is 16.3. The maximum absolute atomic E-state index is 12.1. The Morgan fingerprint density at radius 3 is 3.33 bits per heavy atom. The summed E-state index contributed by atoms with van der Waals surface area (Å²) in [6.07, 6.45) is 7.65. The van der Waals surface area contributed by atoms with Gasteiger partial charge in [-0.05, 0) is 25.0 Å². The van der Waals surface area contributed by atoms with E-state index in [0.29, 0.717) is 17.8 Å². The summed E-state index contributed by atoms with van der Waals surface area (Å²) >= 11 is 0. The molecule has 0 spiro atoms. The first-order chi connectivity index (χ1) is 8.84. The molecule has 3 rings (SSSR count). The van der Waals surface area contributed by atoms with Gasteiger partial charge < -0.3 is 14.5 Å². The molecule has 0 aliphatic carbocycles. The van der Waals surface area contributed by atoms with Crippen molar-refractivity contribution in [3.05, 3.63) is 36.3 Å². The highest BCUT2D eigenvalue weighted by atomic mass is 16.5. The first kappa shape index (κ1) is 11.2. The average Bonchev–Trinajstić information content (AvgIpc) is 3.05. The molecule has 1 unspecified atom stereocenters. The third-order valence-corrected chi connectivity index (χ3v) is 3.18. The molecule has 1 aliphatic heterocycles. The van der Waals surface area contributed by atoms with Crippen molar-refractivity contribution in [2.75, 3.05) is 13.2 Å². The van der Waals surface area contributed by atoms with E-state index in [4.69, 9.17) is 4.74 Å². The van der Waals surface area contributed by atoms with Crippen LogP contribution in [0.1, 0.15) is 23.2 Å². The molecule has 2 aromatic rings. The molecule has 18 heavy (non-hydrogen) atoms. The predicted molar refractivity (Wildman–Crippen MR) is 66.5 cm³/mol. The molecule has 1 aliphatic rings. The van der Waals surface area contributed by atoms with Gasteiger partial charge in [-0.1, -0.05) is 0 Å². The molecule has 5 heteroatoms. The van der Waals surface area contributed by atoms with Crippen molar-refractivity contribution in [2.24, 2.45) is 0 Å². The van der Waals surface area contributed by atoms with Crippen LogP contribution in [0, 0.1) is 0 Å². The van der Waals surface area contributed by atoms with Crippen LogP contribution in [0.15, 0.2) is 30.7 Å². The Morgan fingerprint density at radius 1 is 1.56 bits per heavy atom. The van der Waals surface area contributed by atoms with Gasteiger partial charge in [0.15, 0.2) is 0 Å². The molecule has 3 heterocycles. The largest absolute Gasteiger partial charge is 0.376 e. The van der Waals surface area contributed by atoms with Crippen LogP contribution in [0.25, 0.3) is 5.65 Å². The number of hydrogen-bond donors (Lipinski definition) is 1. The molecule has 0 bridgehead atoms. The van der Waals surface area contributed by atoms with Crippen molar-refractivity contribution >= 4 is 11.6 Å². The van der Waals surface area contributed by atoms with Gasteiger partial charge in [-0.25, -0.2) is 4.98 Å². The summed E-state index contributed by atoms with van der Waals surface area (Å²) in [5.41, 5.74) is 1.28. The standard InChI is InChI=1S/C13H15N3O2/c17-13(15-9-10-3-2-8-18-10)11-4-1-6-16-7-5-14-12(11)16/h1,4-7,10H,2-3,8-9H2,(H,15,17).